The van der Waals surface area contributed by atoms with Crippen LogP contribution in [0.4, 0.5) is 0 Å². The van der Waals surface area contributed by atoms with Crippen LogP contribution in [0.15, 0.2) is 53.3 Å². The van der Waals surface area contributed by atoms with E-state index in [1.54, 1.807) is 10.0 Å². The van der Waals surface area contributed by atoms with Gasteiger partial charge in [0.05, 0.1) is 20.8 Å². The molecule has 0 aliphatic carbocycles. The fourth-order valence-electron chi connectivity index (χ4n) is 1.76. The minimum absolute atomic E-state index is 0.0539. The molecule has 2 aromatic carbocycles. The van der Waals surface area contributed by atoms with Gasteiger partial charge in [0.2, 0.25) is 0 Å². The monoisotopic (exact) mass is 261 g/mol. The van der Waals surface area contributed by atoms with E-state index in [1.807, 2.05) is 42.5 Å². The van der Waals surface area contributed by atoms with Gasteiger partial charge >= 0.3 is 0 Å². The lowest BCUT2D eigenvalue weighted by atomic mass is 10.3. The Morgan fingerprint density at radius 1 is 1.00 bits per heavy atom. The van der Waals surface area contributed by atoms with E-state index in [-0.39, 0.29) is 5.56 Å². The molecule has 0 bridgehead atoms. The van der Waals surface area contributed by atoms with Crippen LogP contribution in [-0.4, -0.2) is 3.96 Å². The quantitative estimate of drug-likeness (QED) is 0.655. The molecule has 0 atom stereocenters. The third kappa shape index (κ3) is 1.68. The zero-order valence-electron chi connectivity index (χ0n) is 8.76. The molecule has 0 saturated carbocycles. The van der Waals surface area contributed by atoms with Crippen LogP contribution in [-0.2, 0) is 0 Å². The average molecular weight is 262 g/mol. The van der Waals surface area contributed by atoms with Crippen molar-refractivity contribution in [3.63, 3.8) is 0 Å². The molecule has 2 nitrogen and oxygen atoms in total. The lowest BCUT2D eigenvalue weighted by Gasteiger charge is -1.97. The van der Waals surface area contributed by atoms with E-state index in [2.05, 4.69) is 0 Å². The van der Waals surface area contributed by atoms with Gasteiger partial charge < -0.3 is 0 Å². The minimum atomic E-state index is -0.0539. The second-order valence-corrected chi connectivity index (χ2v) is 5.03. The third-order valence-corrected chi connectivity index (χ3v) is 3.97. The SMILES string of the molecule is O=c1c2c(Cl)cccc2sn1-c1ccccc1. The third-order valence-electron chi connectivity index (χ3n) is 2.55. The second-order valence-electron chi connectivity index (χ2n) is 3.64. The average Bonchev–Trinajstić information content (AvgIpc) is 2.69. The van der Waals surface area contributed by atoms with Gasteiger partial charge in [-0.1, -0.05) is 47.4 Å². The number of nitrogens with zero attached hydrogens (tertiary/aromatic N) is 1. The first kappa shape index (κ1) is 10.6. The van der Waals surface area contributed by atoms with Crippen molar-refractivity contribution in [1.29, 1.82) is 0 Å². The van der Waals surface area contributed by atoms with E-state index < -0.39 is 0 Å². The fourth-order valence-corrected chi connectivity index (χ4v) is 3.10. The summed E-state index contributed by atoms with van der Waals surface area (Å²) in [4.78, 5) is 12.2. The zero-order valence-corrected chi connectivity index (χ0v) is 10.3. The molecule has 0 unspecified atom stereocenters. The van der Waals surface area contributed by atoms with Crippen LogP contribution in [0.1, 0.15) is 0 Å². The second kappa shape index (κ2) is 4.02. The Bertz CT molecular complexity index is 730. The van der Waals surface area contributed by atoms with Crippen LogP contribution in [0, 0.1) is 0 Å². The highest BCUT2D eigenvalue weighted by atomic mass is 35.5. The predicted molar refractivity (Wildman–Crippen MR) is 72.4 cm³/mol. The molecule has 3 rings (SSSR count). The van der Waals surface area contributed by atoms with Crippen LogP contribution in [0.25, 0.3) is 15.8 Å². The molecule has 3 aromatic rings. The Labute approximate surface area is 107 Å². The van der Waals surface area contributed by atoms with Crippen LogP contribution in [0.3, 0.4) is 0 Å². The first-order valence-corrected chi connectivity index (χ1v) is 6.28. The molecule has 1 aromatic heterocycles. The van der Waals surface area contributed by atoms with Gasteiger partial charge in [0.1, 0.15) is 0 Å². The maximum absolute atomic E-state index is 12.2. The summed E-state index contributed by atoms with van der Waals surface area (Å²) in [5.41, 5.74) is 0.816. The lowest BCUT2D eigenvalue weighted by molar-refractivity contribution is 1.14. The highest BCUT2D eigenvalue weighted by Gasteiger charge is 2.11. The van der Waals surface area contributed by atoms with Gasteiger partial charge in [0.15, 0.2) is 0 Å². The number of rotatable bonds is 1. The van der Waals surface area contributed by atoms with E-state index in [0.717, 1.165) is 10.4 Å². The summed E-state index contributed by atoms with van der Waals surface area (Å²) in [7, 11) is 0. The first-order valence-electron chi connectivity index (χ1n) is 5.13. The molecule has 0 aliphatic heterocycles. The molecule has 0 aliphatic rings. The van der Waals surface area contributed by atoms with Crippen LogP contribution in [0.2, 0.25) is 5.02 Å². The number of hydrogen-bond acceptors (Lipinski definition) is 2. The van der Waals surface area contributed by atoms with Gasteiger partial charge in [0.25, 0.3) is 5.56 Å². The highest BCUT2D eigenvalue weighted by molar-refractivity contribution is 7.14. The summed E-state index contributed by atoms with van der Waals surface area (Å²) >= 11 is 7.47. The van der Waals surface area contributed by atoms with Crippen LogP contribution in [0.5, 0.6) is 0 Å². The Morgan fingerprint density at radius 2 is 1.76 bits per heavy atom. The summed E-state index contributed by atoms with van der Waals surface area (Å²) in [5, 5.41) is 1.11. The molecule has 0 N–H and O–H groups in total. The predicted octanol–water partition coefficient (Wildman–Crippen LogP) is 3.71. The van der Waals surface area contributed by atoms with Gasteiger partial charge in [-0.05, 0) is 24.3 Å². The fraction of sp³-hybridized carbons (Fsp3) is 0. The topological polar surface area (TPSA) is 22.0 Å². The van der Waals surface area contributed by atoms with E-state index in [0.29, 0.717) is 10.4 Å². The van der Waals surface area contributed by atoms with E-state index in [9.17, 15) is 4.79 Å². The number of aromatic nitrogens is 1. The van der Waals surface area contributed by atoms with Gasteiger partial charge in [-0.25, -0.2) is 3.96 Å². The van der Waals surface area contributed by atoms with E-state index in [4.69, 9.17) is 11.6 Å². The van der Waals surface area contributed by atoms with Crippen molar-refractivity contribution >= 4 is 33.2 Å². The van der Waals surface area contributed by atoms with E-state index in [1.165, 1.54) is 11.5 Å². The van der Waals surface area contributed by atoms with Gasteiger partial charge in [-0.15, -0.1) is 0 Å². The molecule has 17 heavy (non-hydrogen) atoms. The molecular formula is C13H8ClNOS. The molecule has 84 valence electrons. The first-order chi connectivity index (χ1) is 8.27. The highest BCUT2D eigenvalue weighted by Crippen LogP contribution is 2.25. The molecular weight excluding hydrogens is 254 g/mol. The summed E-state index contributed by atoms with van der Waals surface area (Å²) in [5.74, 6) is 0. The number of para-hydroxylation sites is 1. The number of benzene rings is 2. The van der Waals surface area contributed by atoms with Crippen molar-refractivity contribution < 1.29 is 0 Å². The van der Waals surface area contributed by atoms with Crippen LogP contribution < -0.4 is 5.56 Å². The number of hydrogen-bond donors (Lipinski definition) is 0. The standard InChI is InChI=1S/C13H8ClNOS/c14-10-7-4-8-11-12(10)13(16)15(17-11)9-5-2-1-3-6-9/h1-8H. The normalized spacial score (nSPS) is 10.9. The summed E-state index contributed by atoms with van der Waals surface area (Å²) < 4.78 is 2.57. The molecule has 4 heteroatoms. The lowest BCUT2D eigenvalue weighted by Crippen LogP contribution is -2.10. The zero-order chi connectivity index (χ0) is 11.8. The molecule has 0 saturated heterocycles. The smallest absolute Gasteiger partial charge is 0.267 e. The Balaban J connectivity index is 2.37. The van der Waals surface area contributed by atoms with Crippen molar-refractivity contribution in [2.75, 3.05) is 0 Å². The summed E-state index contributed by atoms with van der Waals surface area (Å²) in [6, 6.07) is 15.1. The number of halogens is 1. The molecule has 0 spiro atoms. The van der Waals surface area contributed by atoms with Gasteiger partial charge in [-0.2, -0.15) is 0 Å². The maximum Gasteiger partial charge on any atom is 0.274 e. The molecule has 1 heterocycles. The Kier molecular flexibility index (Phi) is 2.50. The van der Waals surface area contributed by atoms with Gasteiger partial charge in [0, 0.05) is 0 Å². The van der Waals surface area contributed by atoms with Crippen molar-refractivity contribution in [3.05, 3.63) is 63.9 Å². The summed E-state index contributed by atoms with van der Waals surface area (Å²) in [6.07, 6.45) is 0. The Hall–Kier alpha value is -1.58. The molecule has 0 fully saturated rings. The van der Waals surface area contributed by atoms with E-state index >= 15 is 0 Å². The van der Waals surface area contributed by atoms with Gasteiger partial charge in [-0.3, -0.25) is 4.79 Å². The minimum Gasteiger partial charge on any atom is -0.267 e. The number of fused-ring (bicyclic) bond motifs is 1. The Morgan fingerprint density at radius 3 is 2.47 bits per heavy atom. The maximum atomic E-state index is 12.2. The van der Waals surface area contributed by atoms with Crippen molar-refractivity contribution in [3.8, 4) is 5.69 Å². The molecule has 0 radical (unpaired) electrons. The molecule has 0 amide bonds. The summed E-state index contributed by atoms with van der Waals surface area (Å²) in [6.45, 7) is 0. The van der Waals surface area contributed by atoms with Crippen LogP contribution >= 0.6 is 23.1 Å². The largest absolute Gasteiger partial charge is 0.274 e. The van der Waals surface area contributed by atoms with Crippen molar-refractivity contribution in [2.24, 2.45) is 0 Å². The van der Waals surface area contributed by atoms with Crippen molar-refractivity contribution in [2.45, 2.75) is 0 Å². The van der Waals surface area contributed by atoms with Crippen molar-refractivity contribution in [1.82, 2.24) is 3.96 Å².